The van der Waals surface area contributed by atoms with Crippen LogP contribution in [0.4, 0.5) is 15.8 Å². The number of methoxy groups -OCH3 is 1. The predicted octanol–water partition coefficient (Wildman–Crippen LogP) is 3.61. The summed E-state index contributed by atoms with van der Waals surface area (Å²) in [6, 6.07) is 12.3. The van der Waals surface area contributed by atoms with Gasteiger partial charge in [0.1, 0.15) is 11.6 Å². The van der Waals surface area contributed by atoms with Crippen LogP contribution < -0.4 is 15.0 Å². The SMILES string of the molecule is COc1ccccc1NC(=O)CN1c2ccc(F)cc2CCC1C. The lowest BCUT2D eigenvalue weighted by molar-refractivity contribution is -0.115. The van der Waals surface area contributed by atoms with Crippen LogP contribution >= 0.6 is 0 Å². The molecule has 0 aliphatic carbocycles. The number of carbonyl (C=O) groups is 1. The van der Waals surface area contributed by atoms with E-state index >= 15 is 0 Å². The third-order valence-electron chi connectivity index (χ3n) is 4.41. The Morgan fingerprint density at radius 2 is 2.12 bits per heavy atom. The Balaban J connectivity index is 1.77. The smallest absolute Gasteiger partial charge is 0.244 e. The summed E-state index contributed by atoms with van der Waals surface area (Å²) in [5.74, 6) is 0.269. The van der Waals surface area contributed by atoms with Crippen LogP contribution in [-0.4, -0.2) is 25.6 Å². The van der Waals surface area contributed by atoms with Crippen molar-refractivity contribution in [2.24, 2.45) is 0 Å². The average Bonchev–Trinajstić information content (AvgIpc) is 2.58. The highest BCUT2D eigenvalue weighted by molar-refractivity contribution is 5.95. The molecule has 126 valence electrons. The van der Waals surface area contributed by atoms with Gasteiger partial charge in [0, 0.05) is 11.7 Å². The predicted molar refractivity (Wildman–Crippen MR) is 93.2 cm³/mol. The Bertz CT molecular complexity index is 748. The van der Waals surface area contributed by atoms with E-state index in [4.69, 9.17) is 4.74 Å². The van der Waals surface area contributed by atoms with Gasteiger partial charge in [0.2, 0.25) is 5.91 Å². The van der Waals surface area contributed by atoms with E-state index in [0.717, 1.165) is 24.1 Å². The monoisotopic (exact) mass is 328 g/mol. The third-order valence-corrected chi connectivity index (χ3v) is 4.41. The fraction of sp³-hybridized carbons (Fsp3) is 0.316. The molecule has 0 aromatic heterocycles. The van der Waals surface area contributed by atoms with Gasteiger partial charge in [-0.3, -0.25) is 4.79 Å². The number of ether oxygens (including phenoxy) is 1. The van der Waals surface area contributed by atoms with Crippen LogP contribution in [0.2, 0.25) is 0 Å². The Morgan fingerprint density at radius 3 is 2.92 bits per heavy atom. The van der Waals surface area contributed by atoms with Gasteiger partial charge >= 0.3 is 0 Å². The Morgan fingerprint density at radius 1 is 1.33 bits per heavy atom. The third kappa shape index (κ3) is 3.35. The summed E-state index contributed by atoms with van der Waals surface area (Å²) in [6.45, 7) is 2.31. The van der Waals surface area contributed by atoms with Gasteiger partial charge in [-0.25, -0.2) is 4.39 Å². The lowest BCUT2D eigenvalue weighted by Gasteiger charge is -2.36. The standard InChI is InChI=1S/C19H21FN2O2/c1-13-7-8-14-11-15(20)9-10-17(14)22(13)12-19(23)21-16-5-3-4-6-18(16)24-2/h3-6,9-11,13H,7-8,12H2,1-2H3,(H,21,23). The number of aryl methyl sites for hydroxylation is 1. The molecule has 0 saturated carbocycles. The maximum atomic E-state index is 13.4. The molecular weight excluding hydrogens is 307 g/mol. The molecule has 0 fully saturated rings. The summed E-state index contributed by atoms with van der Waals surface area (Å²) in [6.07, 6.45) is 1.73. The van der Waals surface area contributed by atoms with Crippen molar-refractivity contribution in [2.45, 2.75) is 25.8 Å². The van der Waals surface area contributed by atoms with E-state index in [1.54, 1.807) is 31.4 Å². The van der Waals surface area contributed by atoms with E-state index < -0.39 is 0 Å². The average molecular weight is 328 g/mol. The molecule has 24 heavy (non-hydrogen) atoms. The molecule has 0 spiro atoms. The van der Waals surface area contributed by atoms with Gasteiger partial charge < -0.3 is 15.0 Å². The van der Waals surface area contributed by atoms with Crippen LogP contribution in [0.5, 0.6) is 5.75 Å². The van der Waals surface area contributed by atoms with Gasteiger partial charge in [-0.15, -0.1) is 0 Å². The molecule has 2 aromatic carbocycles. The minimum absolute atomic E-state index is 0.122. The van der Waals surface area contributed by atoms with Crippen molar-refractivity contribution in [3.8, 4) is 5.75 Å². The van der Waals surface area contributed by atoms with Gasteiger partial charge in [0.25, 0.3) is 0 Å². The van der Waals surface area contributed by atoms with E-state index in [1.807, 2.05) is 17.0 Å². The second kappa shape index (κ2) is 6.91. The first-order valence-corrected chi connectivity index (χ1v) is 8.06. The Hall–Kier alpha value is -2.56. The van der Waals surface area contributed by atoms with Crippen molar-refractivity contribution in [2.75, 3.05) is 23.9 Å². The first-order valence-electron chi connectivity index (χ1n) is 8.06. The van der Waals surface area contributed by atoms with Crippen LogP contribution in [0.3, 0.4) is 0 Å². The van der Waals surface area contributed by atoms with Gasteiger partial charge in [0.15, 0.2) is 0 Å². The number of amides is 1. The van der Waals surface area contributed by atoms with E-state index in [0.29, 0.717) is 11.4 Å². The number of fused-ring (bicyclic) bond motifs is 1. The second-order valence-corrected chi connectivity index (χ2v) is 6.04. The maximum Gasteiger partial charge on any atom is 0.244 e. The number of benzene rings is 2. The molecule has 1 heterocycles. The quantitative estimate of drug-likeness (QED) is 0.932. The number of carbonyl (C=O) groups excluding carboxylic acids is 1. The van der Waals surface area contributed by atoms with Crippen LogP contribution in [0.15, 0.2) is 42.5 Å². The molecule has 3 rings (SSSR count). The van der Waals surface area contributed by atoms with E-state index in [2.05, 4.69) is 12.2 Å². The summed E-state index contributed by atoms with van der Waals surface area (Å²) < 4.78 is 18.7. The summed E-state index contributed by atoms with van der Waals surface area (Å²) in [5, 5.41) is 2.89. The fourth-order valence-corrected chi connectivity index (χ4v) is 3.13. The number of nitrogens with one attached hydrogen (secondary N) is 1. The lowest BCUT2D eigenvalue weighted by atomic mass is 9.96. The summed E-state index contributed by atoms with van der Waals surface area (Å²) >= 11 is 0. The number of hydrogen-bond donors (Lipinski definition) is 1. The number of para-hydroxylation sites is 2. The highest BCUT2D eigenvalue weighted by Crippen LogP contribution is 2.31. The summed E-state index contributed by atoms with van der Waals surface area (Å²) in [5.41, 5.74) is 2.54. The highest BCUT2D eigenvalue weighted by Gasteiger charge is 2.25. The van der Waals surface area contributed by atoms with Gasteiger partial charge in [-0.1, -0.05) is 12.1 Å². The van der Waals surface area contributed by atoms with Gasteiger partial charge in [-0.05, 0) is 55.7 Å². The van der Waals surface area contributed by atoms with Crippen molar-refractivity contribution < 1.29 is 13.9 Å². The maximum absolute atomic E-state index is 13.4. The largest absolute Gasteiger partial charge is 0.495 e. The molecular formula is C19H21FN2O2. The van der Waals surface area contributed by atoms with Gasteiger partial charge in [-0.2, -0.15) is 0 Å². The number of halogens is 1. The zero-order valence-electron chi connectivity index (χ0n) is 13.9. The highest BCUT2D eigenvalue weighted by atomic mass is 19.1. The van der Waals surface area contributed by atoms with Crippen molar-refractivity contribution in [3.63, 3.8) is 0 Å². The van der Waals surface area contributed by atoms with Crippen molar-refractivity contribution >= 4 is 17.3 Å². The molecule has 0 saturated heterocycles. The number of anilines is 2. The summed E-state index contributed by atoms with van der Waals surface area (Å²) in [7, 11) is 1.57. The Labute approximate surface area is 141 Å². The van der Waals surface area contributed by atoms with Crippen molar-refractivity contribution in [3.05, 3.63) is 53.8 Å². The topological polar surface area (TPSA) is 41.6 Å². The first-order chi connectivity index (χ1) is 11.6. The van der Waals surface area contributed by atoms with E-state index in [1.165, 1.54) is 6.07 Å². The van der Waals surface area contributed by atoms with Crippen LogP contribution in [0, 0.1) is 5.82 Å². The zero-order chi connectivity index (χ0) is 17.1. The second-order valence-electron chi connectivity index (χ2n) is 6.04. The molecule has 1 unspecified atom stereocenters. The molecule has 0 radical (unpaired) electrons. The van der Waals surface area contributed by atoms with Crippen LogP contribution in [0.1, 0.15) is 18.9 Å². The molecule has 1 atom stereocenters. The molecule has 4 nitrogen and oxygen atoms in total. The van der Waals surface area contributed by atoms with Crippen LogP contribution in [-0.2, 0) is 11.2 Å². The molecule has 1 amide bonds. The fourth-order valence-electron chi connectivity index (χ4n) is 3.13. The molecule has 0 bridgehead atoms. The number of rotatable bonds is 4. The minimum Gasteiger partial charge on any atom is -0.495 e. The molecule has 2 aromatic rings. The van der Waals surface area contributed by atoms with Crippen molar-refractivity contribution in [1.29, 1.82) is 0 Å². The number of hydrogen-bond acceptors (Lipinski definition) is 3. The molecule has 5 heteroatoms. The van der Waals surface area contributed by atoms with Crippen LogP contribution in [0.25, 0.3) is 0 Å². The van der Waals surface area contributed by atoms with E-state index in [9.17, 15) is 9.18 Å². The minimum atomic E-state index is -0.235. The number of nitrogens with zero attached hydrogens (tertiary/aromatic N) is 1. The Kier molecular flexibility index (Phi) is 4.69. The lowest BCUT2D eigenvalue weighted by Crippen LogP contribution is -2.42. The summed E-state index contributed by atoms with van der Waals surface area (Å²) in [4.78, 5) is 14.5. The molecule has 1 N–H and O–H groups in total. The molecule has 1 aliphatic heterocycles. The normalized spacial score (nSPS) is 16.5. The molecule has 1 aliphatic rings. The first kappa shape index (κ1) is 16.3. The van der Waals surface area contributed by atoms with Crippen molar-refractivity contribution in [1.82, 2.24) is 0 Å². The van der Waals surface area contributed by atoms with Gasteiger partial charge in [0.05, 0.1) is 19.3 Å². The zero-order valence-corrected chi connectivity index (χ0v) is 13.9. The van der Waals surface area contributed by atoms with E-state index in [-0.39, 0.29) is 24.3 Å².